The lowest BCUT2D eigenvalue weighted by molar-refractivity contribution is 0.00377. The van der Waals surface area contributed by atoms with Crippen LogP contribution < -0.4 is 18.9 Å². The van der Waals surface area contributed by atoms with E-state index in [9.17, 15) is 22.4 Å². The van der Waals surface area contributed by atoms with Gasteiger partial charge in [-0.15, -0.1) is 4.79 Å². The average molecular weight is 667 g/mol. The van der Waals surface area contributed by atoms with Gasteiger partial charge in [0.05, 0.1) is 26.4 Å². The summed E-state index contributed by atoms with van der Waals surface area (Å²) in [7, 11) is -9.92. The topological polar surface area (TPSA) is 142 Å². The first-order chi connectivity index (χ1) is 21.7. The molecule has 2 aromatic rings. The molecule has 0 aliphatic heterocycles. The molecule has 10 nitrogen and oxygen atoms in total. The molecule has 0 spiro atoms. The molecule has 2 aromatic carbocycles. The predicted octanol–water partition coefficient (Wildman–Crippen LogP) is 7.80. The Balaban J connectivity index is 2.59. The van der Waals surface area contributed by atoms with Crippen LogP contribution >= 0.6 is 0 Å². The highest BCUT2D eigenvalue weighted by atomic mass is 32.3. The molecule has 252 valence electrons. The number of nitrogens with zero attached hydrogens (tertiary/aromatic N) is 2. The van der Waals surface area contributed by atoms with Crippen LogP contribution in [0.15, 0.2) is 46.2 Å². The van der Waals surface area contributed by atoms with Crippen LogP contribution in [0.3, 0.4) is 0 Å². The van der Waals surface area contributed by atoms with Gasteiger partial charge in [-0.3, -0.25) is 0 Å². The zero-order chi connectivity index (χ0) is 33.1. The summed E-state index contributed by atoms with van der Waals surface area (Å²) >= 11 is 0. The Bertz CT molecular complexity index is 1350. The van der Waals surface area contributed by atoms with Crippen molar-refractivity contribution in [2.45, 2.75) is 115 Å². The highest BCUT2D eigenvalue weighted by Gasteiger charge is 2.47. The Labute approximate surface area is 269 Å². The molecule has 0 amide bonds. The first-order valence-electron chi connectivity index (χ1n) is 16.2. The maximum atomic E-state index is 14.1. The predicted molar refractivity (Wildman–Crippen MR) is 176 cm³/mol. The molecule has 0 saturated carbocycles. The van der Waals surface area contributed by atoms with Gasteiger partial charge in [-0.05, 0) is 49.9 Å². The van der Waals surface area contributed by atoms with Crippen LogP contribution in [0.2, 0.25) is 0 Å². The van der Waals surface area contributed by atoms with Crippen molar-refractivity contribution >= 4 is 24.1 Å². The number of rotatable bonds is 22. The molecular formula is C33H50N2O8S2. The van der Waals surface area contributed by atoms with Crippen molar-refractivity contribution in [3.8, 4) is 23.0 Å². The van der Waals surface area contributed by atoms with Gasteiger partial charge in [0, 0.05) is 12.1 Å². The van der Waals surface area contributed by atoms with Crippen molar-refractivity contribution in [3.63, 3.8) is 0 Å². The standard InChI is InChI=1S/C33H50N2O8S2/c1-5-9-13-21-40-27-17-19-29(42-23-15-11-7-3)31(25-27)44(36,37)33(35-34)45(38,39)32-26-28(41-22-14-10-6-2)18-20-30(32)43-24-16-12-8-4/h17-20,25-26H,5-16,21-24H2,1-4H3. The molecule has 0 aliphatic carbocycles. The van der Waals surface area contributed by atoms with E-state index in [0.29, 0.717) is 26.1 Å². The van der Waals surface area contributed by atoms with Gasteiger partial charge in [-0.1, -0.05) is 79.1 Å². The summed E-state index contributed by atoms with van der Waals surface area (Å²) in [5, 5.41) is 0. The van der Waals surface area contributed by atoms with E-state index < -0.39 is 33.8 Å². The number of unbranched alkanes of at least 4 members (excludes halogenated alkanes) is 8. The minimum atomic E-state index is -4.96. The van der Waals surface area contributed by atoms with Crippen molar-refractivity contribution in [2.24, 2.45) is 0 Å². The lowest BCUT2D eigenvalue weighted by Gasteiger charge is -2.15. The van der Waals surface area contributed by atoms with Gasteiger partial charge in [0.2, 0.25) is 0 Å². The molecule has 0 heterocycles. The summed E-state index contributed by atoms with van der Waals surface area (Å²) < 4.78 is 78.0. The van der Waals surface area contributed by atoms with Gasteiger partial charge in [-0.25, -0.2) is 16.8 Å². The fourth-order valence-corrected chi connectivity index (χ4v) is 8.02. The second kappa shape index (κ2) is 20.1. The summed E-state index contributed by atoms with van der Waals surface area (Å²) in [4.78, 5) is 1.92. The molecule has 0 N–H and O–H groups in total. The van der Waals surface area contributed by atoms with Gasteiger partial charge >= 0.3 is 4.38 Å². The zero-order valence-electron chi connectivity index (χ0n) is 27.3. The first-order valence-corrected chi connectivity index (χ1v) is 19.1. The molecule has 0 atom stereocenters. The van der Waals surface area contributed by atoms with Crippen LogP contribution in [0.1, 0.15) is 105 Å². The summed E-state index contributed by atoms with van der Waals surface area (Å²) in [5.74, 6) is 0.324. The van der Waals surface area contributed by atoms with E-state index in [0.717, 1.165) is 64.2 Å². The summed E-state index contributed by atoms with van der Waals surface area (Å²) in [6, 6.07) is 8.45. The molecule has 0 radical (unpaired) electrons. The number of hydrogen-bond donors (Lipinski definition) is 0. The van der Waals surface area contributed by atoms with E-state index >= 15 is 0 Å². The summed E-state index contributed by atoms with van der Waals surface area (Å²) in [6.45, 7) is 9.32. The van der Waals surface area contributed by atoms with Crippen molar-refractivity contribution < 1.29 is 40.6 Å². The third kappa shape index (κ3) is 11.7. The van der Waals surface area contributed by atoms with E-state index in [4.69, 9.17) is 18.9 Å². The molecule has 0 fully saturated rings. The third-order valence-electron chi connectivity index (χ3n) is 6.99. The Morgan fingerprint density at radius 2 is 0.889 bits per heavy atom. The van der Waals surface area contributed by atoms with Crippen molar-refractivity contribution in [3.05, 3.63) is 41.9 Å². The van der Waals surface area contributed by atoms with Gasteiger partial charge < -0.3 is 24.5 Å². The fourth-order valence-electron chi connectivity index (χ4n) is 4.41. The highest BCUT2D eigenvalue weighted by Crippen LogP contribution is 2.35. The van der Waals surface area contributed by atoms with E-state index in [1.54, 1.807) is 12.1 Å². The minimum absolute atomic E-state index is 0.0626. The van der Waals surface area contributed by atoms with Crippen LogP contribution in [0.4, 0.5) is 0 Å². The van der Waals surface area contributed by atoms with Gasteiger partial charge in [0.25, 0.3) is 19.7 Å². The summed E-state index contributed by atoms with van der Waals surface area (Å²) in [5.41, 5.74) is 10.0. The molecule has 0 aromatic heterocycles. The Morgan fingerprint density at radius 3 is 1.20 bits per heavy atom. The fraction of sp³-hybridized carbons (Fsp3) is 0.606. The summed E-state index contributed by atoms with van der Waals surface area (Å²) in [6.07, 6.45) is 10.3. The largest absolute Gasteiger partial charge is 0.504 e. The number of hydrogen-bond acceptors (Lipinski definition) is 8. The Kier molecular flexibility index (Phi) is 17.0. The maximum Gasteiger partial charge on any atom is 0.504 e. The molecule has 2 rings (SSSR count). The van der Waals surface area contributed by atoms with Crippen LogP contribution in [0.5, 0.6) is 23.0 Å². The molecule has 45 heavy (non-hydrogen) atoms. The number of sulfone groups is 2. The average Bonchev–Trinajstić information content (AvgIpc) is 3.02. The van der Waals surface area contributed by atoms with Crippen molar-refractivity contribution in [1.29, 1.82) is 0 Å². The third-order valence-corrected chi connectivity index (χ3v) is 11.2. The maximum absolute atomic E-state index is 14.1. The van der Waals surface area contributed by atoms with Crippen LogP contribution in [0, 0.1) is 0 Å². The lowest BCUT2D eigenvalue weighted by Crippen LogP contribution is -2.27. The second-order valence-electron chi connectivity index (χ2n) is 10.8. The molecule has 0 saturated heterocycles. The number of ether oxygens (including phenoxy) is 4. The normalized spacial score (nSPS) is 11.6. The minimum Gasteiger partial charge on any atom is -0.494 e. The quantitative estimate of drug-likeness (QED) is 0.0407. The van der Waals surface area contributed by atoms with Crippen LogP contribution in [-0.2, 0) is 19.7 Å². The molecule has 0 aliphatic rings. The Morgan fingerprint density at radius 1 is 0.556 bits per heavy atom. The van der Waals surface area contributed by atoms with Gasteiger partial charge in [0.15, 0.2) is 0 Å². The smallest absolute Gasteiger partial charge is 0.494 e. The molecule has 0 unspecified atom stereocenters. The zero-order valence-corrected chi connectivity index (χ0v) is 28.9. The Hall–Kier alpha value is -3.08. The van der Waals surface area contributed by atoms with E-state index in [1.165, 1.54) is 24.3 Å². The molecule has 0 bridgehead atoms. The second-order valence-corrected chi connectivity index (χ2v) is 14.7. The van der Waals surface area contributed by atoms with Crippen molar-refractivity contribution in [1.82, 2.24) is 0 Å². The SMILES string of the molecule is CCCCCOc1ccc(OCCCCC)c(S(=O)(=O)C(=[N+]=[N-])S(=O)(=O)c2cc(OCCCCC)ccc2OCCCCC)c1. The van der Waals surface area contributed by atoms with Crippen LogP contribution in [-0.4, -0.2) is 52.4 Å². The highest BCUT2D eigenvalue weighted by molar-refractivity contribution is 8.31. The number of benzene rings is 2. The molecule has 12 heteroatoms. The van der Waals surface area contributed by atoms with Gasteiger partial charge in [0.1, 0.15) is 32.8 Å². The molecular weight excluding hydrogens is 617 g/mol. The van der Waals surface area contributed by atoms with Crippen molar-refractivity contribution in [2.75, 3.05) is 26.4 Å². The van der Waals surface area contributed by atoms with E-state index in [2.05, 4.69) is 18.6 Å². The lowest BCUT2D eigenvalue weighted by atomic mass is 10.2. The first kappa shape index (κ1) is 38.1. The van der Waals surface area contributed by atoms with Gasteiger partial charge in [-0.2, -0.15) is 0 Å². The van der Waals surface area contributed by atoms with Crippen LogP contribution in [0.25, 0.3) is 5.53 Å². The van der Waals surface area contributed by atoms with E-state index in [-0.39, 0.29) is 36.2 Å². The monoisotopic (exact) mass is 666 g/mol. The van der Waals surface area contributed by atoms with E-state index in [1.807, 2.05) is 13.8 Å².